The van der Waals surface area contributed by atoms with Crippen LogP contribution in [0.15, 0.2) is 23.6 Å². The molecule has 0 saturated heterocycles. The molecule has 0 spiro atoms. The van der Waals surface area contributed by atoms with E-state index in [-0.39, 0.29) is 0 Å². The normalized spacial score (nSPS) is 12.7. The van der Waals surface area contributed by atoms with Gasteiger partial charge < -0.3 is 9.84 Å². The number of aromatic nitrogens is 2. The Hall–Kier alpha value is -0.650. The largest absolute Gasteiger partial charge is 0.390 e. The maximum atomic E-state index is 9.44. The van der Waals surface area contributed by atoms with Crippen LogP contribution in [-0.4, -0.2) is 40.1 Å². The van der Waals surface area contributed by atoms with E-state index in [1.807, 2.05) is 6.92 Å². The third-order valence-electron chi connectivity index (χ3n) is 1.46. The molecule has 0 aromatic carbocycles. The molecule has 5 heteroatoms. The molecular formula is C9H14N2O2S. The summed E-state index contributed by atoms with van der Waals surface area (Å²) in [5, 5.41) is 10.1. The summed E-state index contributed by atoms with van der Waals surface area (Å²) in [4.78, 5) is 8.06. The van der Waals surface area contributed by atoms with E-state index in [1.54, 1.807) is 18.5 Å². The van der Waals surface area contributed by atoms with E-state index >= 15 is 0 Å². The number of hydrogen-bond donors (Lipinski definition) is 1. The van der Waals surface area contributed by atoms with Crippen LogP contribution in [0.4, 0.5) is 0 Å². The van der Waals surface area contributed by atoms with Crippen molar-refractivity contribution < 1.29 is 9.84 Å². The summed E-state index contributed by atoms with van der Waals surface area (Å²) in [6.45, 7) is 2.90. The fraction of sp³-hybridized carbons (Fsp3) is 0.556. The second-order valence-electron chi connectivity index (χ2n) is 2.66. The molecule has 14 heavy (non-hydrogen) atoms. The first kappa shape index (κ1) is 11.4. The lowest BCUT2D eigenvalue weighted by atomic mass is 10.4. The predicted octanol–water partition coefficient (Wildman–Crippen LogP) is 0.966. The molecule has 0 fully saturated rings. The molecule has 78 valence electrons. The second kappa shape index (κ2) is 6.75. The van der Waals surface area contributed by atoms with Gasteiger partial charge >= 0.3 is 0 Å². The van der Waals surface area contributed by atoms with Crippen molar-refractivity contribution in [3.8, 4) is 0 Å². The number of hydrogen-bond acceptors (Lipinski definition) is 5. The number of ether oxygens (including phenoxy) is 1. The highest BCUT2D eigenvalue weighted by molar-refractivity contribution is 7.99. The Kier molecular flexibility index (Phi) is 5.51. The lowest BCUT2D eigenvalue weighted by molar-refractivity contribution is 0.0551. The maximum Gasteiger partial charge on any atom is 0.187 e. The Morgan fingerprint density at radius 3 is 2.86 bits per heavy atom. The smallest absolute Gasteiger partial charge is 0.187 e. The van der Waals surface area contributed by atoms with E-state index in [0.29, 0.717) is 24.1 Å². The van der Waals surface area contributed by atoms with Gasteiger partial charge in [-0.05, 0) is 13.0 Å². The lowest BCUT2D eigenvalue weighted by Crippen LogP contribution is -2.18. The Morgan fingerprint density at radius 1 is 1.50 bits per heavy atom. The highest BCUT2D eigenvalue weighted by Crippen LogP contribution is 2.12. The molecular weight excluding hydrogens is 200 g/mol. The molecule has 0 unspecified atom stereocenters. The van der Waals surface area contributed by atoms with Gasteiger partial charge in [0.2, 0.25) is 0 Å². The van der Waals surface area contributed by atoms with Crippen LogP contribution in [0.25, 0.3) is 0 Å². The fourth-order valence-electron chi connectivity index (χ4n) is 0.833. The molecule has 0 aliphatic carbocycles. The van der Waals surface area contributed by atoms with E-state index in [9.17, 15) is 5.11 Å². The number of aliphatic hydroxyl groups is 1. The van der Waals surface area contributed by atoms with Crippen LogP contribution in [0.1, 0.15) is 6.92 Å². The zero-order chi connectivity index (χ0) is 10.2. The van der Waals surface area contributed by atoms with Crippen molar-refractivity contribution in [3.63, 3.8) is 0 Å². The third kappa shape index (κ3) is 4.55. The first-order valence-corrected chi connectivity index (χ1v) is 5.47. The Morgan fingerprint density at radius 2 is 2.21 bits per heavy atom. The van der Waals surface area contributed by atoms with E-state index < -0.39 is 6.10 Å². The third-order valence-corrected chi connectivity index (χ3v) is 2.48. The second-order valence-corrected chi connectivity index (χ2v) is 3.64. The van der Waals surface area contributed by atoms with Gasteiger partial charge in [-0.25, -0.2) is 9.97 Å². The molecule has 1 aromatic heterocycles. The topological polar surface area (TPSA) is 55.2 Å². The molecule has 1 aromatic rings. The first-order chi connectivity index (χ1) is 6.83. The summed E-state index contributed by atoms with van der Waals surface area (Å²) in [6.07, 6.45) is 2.91. The van der Waals surface area contributed by atoms with E-state index in [0.717, 1.165) is 0 Å². The van der Waals surface area contributed by atoms with Gasteiger partial charge in [-0.3, -0.25) is 0 Å². The summed E-state index contributed by atoms with van der Waals surface area (Å²) < 4.78 is 5.08. The van der Waals surface area contributed by atoms with Gasteiger partial charge in [0, 0.05) is 24.8 Å². The molecule has 0 amide bonds. The molecule has 0 radical (unpaired) electrons. The van der Waals surface area contributed by atoms with Gasteiger partial charge in [0.25, 0.3) is 0 Å². The Balaban J connectivity index is 2.20. The van der Waals surface area contributed by atoms with Crippen molar-refractivity contribution in [1.29, 1.82) is 0 Å². The SMILES string of the molecule is CCOC[C@@H](O)CSc1ncccn1. The van der Waals surface area contributed by atoms with Crippen LogP contribution in [0.5, 0.6) is 0 Å². The Bertz CT molecular complexity index is 246. The zero-order valence-electron chi connectivity index (χ0n) is 8.09. The van der Waals surface area contributed by atoms with Gasteiger partial charge in [0.05, 0.1) is 12.7 Å². The predicted molar refractivity (Wildman–Crippen MR) is 55.3 cm³/mol. The Labute approximate surface area is 87.7 Å². The van der Waals surface area contributed by atoms with Crippen LogP contribution < -0.4 is 0 Å². The molecule has 1 rings (SSSR count). The zero-order valence-corrected chi connectivity index (χ0v) is 8.91. The minimum absolute atomic E-state index is 0.371. The number of thioether (sulfide) groups is 1. The van der Waals surface area contributed by atoms with Gasteiger partial charge in [-0.1, -0.05) is 11.8 Å². The molecule has 1 atom stereocenters. The minimum Gasteiger partial charge on any atom is -0.390 e. The standard InChI is InChI=1S/C9H14N2O2S/c1-2-13-6-8(12)7-14-9-10-4-3-5-11-9/h3-5,8,12H,2,6-7H2,1H3/t8-/m1/s1. The van der Waals surface area contributed by atoms with Gasteiger partial charge in [-0.2, -0.15) is 0 Å². The summed E-state index contributed by atoms with van der Waals surface area (Å²) in [7, 11) is 0. The fourth-order valence-corrected chi connectivity index (χ4v) is 1.54. The first-order valence-electron chi connectivity index (χ1n) is 4.48. The van der Waals surface area contributed by atoms with Crippen molar-refractivity contribution in [3.05, 3.63) is 18.5 Å². The highest BCUT2D eigenvalue weighted by Gasteiger charge is 2.05. The average Bonchev–Trinajstić information content (AvgIpc) is 2.25. The number of nitrogens with zero attached hydrogens (tertiary/aromatic N) is 2. The maximum absolute atomic E-state index is 9.44. The van der Waals surface area contributed by atoms with Crippen molar-refractivity contribution in [2.24, 2.45) is 0 Å². The van der Waals surface area contributed by atoms with Crippen molar-refractivity contribution in [2.75, 3.05) is 19.0 Å². The number of aliphatic hydroxyl groups excluding tert-OH is 1. The molecule has 1 heterocycles. The van der Waals surface area contributed by atoms with E-state index in [1.165, 1.54) is 11.8 Å². The van der Waals surface area contributed by atoms with E-state index in [2.05, 4.69) is 9.97 Å². The van der Waals surface area contributed by atoms with Gasteiger partial charge in [0.15, 0.2) is 5.16 Å². The minimum atomic E-state index is -0.455. The van der Waals surface area contributed by atoms with E-state index in [4.69, 9.17) is 4.74 Å². The number of rotatable bonds is 6. The van der Waals surface area contributed by atoms with Gasteiger partial charge in [0.1, 0.15) is 0 Å². The molecule has 0 saturated carbocycles. The van der Waals surface area contributed by atoms with Crippen LogP contribution in [-0.2, 0) is 4.74 Å². The van der Waals surface area contributed by atoms with Crippen LogP contribution in [0.2, 0.25) is 0 Å². The quantitative estimate of drug-likeness (QED) is 0.565. The highest BCUT2D eigenvalue weighted by atomic mass is 32.2. The van der Waals surface area contributed by atoms with Crippen molar-refractivity contribution in [2.45, 2.75) is 18.2 Å². The van der Waals surface area contributed by atoms with Crippen LogP contribution in [0, 0.1) is 0 Å². The van der Waals surface area contributed by atoms with Crippen molar-refractivity contribution >= 4 is 11.8 Å². The molecule has 1 N–H and O–H groups in total. The van der Waals surface area contributed by atoms with Crippen LogP contribution in [0.3, 0.4) is 0 Å². The van der Waals surface area contributed by atoms with Crippen LogP contribution >= 0.6 is 11.8 Å². The molecule has 0 bridgehead atoms. The summed E-state index contributed by atoms with van der Waals surface area (Å²) in [5.74, 6) is 0.560. The average molecular weight is 214 g/mol. The lowest BCUT2D eigenvalue weighted by Gasteiger charge is -2.08. The summed E-state index contributed by atoms with van der Waals surface area (Å²) in [6, 6.07) is 1.76. The van der Waals surface area contributed by atoms with Crippen molar-refractivity contribution in [1.82, 2.24) is 9.97 Å². The molecule has 0 aliphatic heterocycles. The molecule has 0 aliphatic rings. The summed E-state index contributed by atoms with van der Waals surface area (Å²) in [5.41, 5.74) is 0. The van der Waals surface area contributed by atoms with Gasteiger partial charge in [-0.15, -0.1) is 0 Å². The monoisotopic (exact) mass is 214 g/mol. The summed E-state index contributed by atoms with van der Waals surface area (Å²) >= 11 is 1.43. The molecule has 4 nitrogen and oxygen atoms in total.